The summed E-state index contributed by atoms with van der Waals surface area (Å²) in [4.78, 5) is 0. The second kappa shape index (κ2) is 8.32. The predicted octanol–water partition coefficient (Wildman–Crippen LogP) is 2.19. The van der Waals surface area contributed by atoms with Crippen LogP contribution in [0.25, 0.3) is 0 Å². The molecule has 124 valence electrons. The maximum atomic E-state index is 9.37. The van der Waals surface area contributed by atoms with Gasteiger partial charge in [-0.15, -0.1) is 0 Å². The third-order valence-corrected chi connectivity index (χ3v) is 3.70. The average molecular weight is 292 g/mol. The lowest BCUT2D eigenvalue weighted by molar-refractivity contribution is 0.0116. The van der Waals surface area contributed by atoms with Crippen LogP contribution in [0, 0.1) is 16.7 Å². The second-order valence-corrected chi connectivity index (χ2v) is 7.99. The number of hydrogen-bond donors (Lipinski definition) is 4. The summed E-state index contributed by atoms with van der Waals surface area (Å²) in [7, 11) is 0. The monoisotopic (exact) mass is 292 g/mol. The molecule has 0 aliphatic heterocycles. The van der Waals surface area contributed by atoms with Crippen molar-refractivity contribution in [1.29, 1.82) is 0 Å². The Morgan fingerprint density at radius 1 is 0.850 bits per heavy atom. The summed E-state index contributed by atoms with van der Waals surface area (Å²) in [6, 6.07) is 0. The van der Waals surface area contributed by atoms with Gasteiger partial charge in [0.1, 0.15) is 0 Å². The van der Waals surface area contributed by atoms with Gasteiger partial charge in [0.05, 0.1) is 11.7 Å². The molecule has 4 heteroatoms. The van der Waals surface area contributed by atoms with Gasteiger partial charge >= 0.3 is 0 Å². The number of rotatable bonds is 6. The summed E-state index contributed by atoms with van der Waals surface area (Å²) in [5.41, 5.74) is -1.02. The molecule has 0 amide bonds. The van der Waals surface area contributed by atoms with E-state index >= 15 is 0 Å². The van der Waals surface area contributed by atoms with Gasteiger partial charge < -0.3 is 20.4 Å². The van der Waals surface area contributed by atoms with E-state index in [4.69, 9.17) is 10.2 Å². The lowest BCUT2D eigenvalue weighted by Crippen LogP contribution is -2.33. The van der Waals surface area contributed by atoms with Crippen LogP contribution in [0.5, 0.6) is 0 Å². The quantitative estimate of drug-likeness (QED) is 0.605. The number of aliphatic hydroxyl groups excluding tert-OH is 3. The van der Waals surface area contributed by atoms with Crippen molar-refractivity contribution in [2.45, 2.75) is 73.5 Å². The summed E-state index contributed by atoms with van der Waals surface area (Å²) >= 11 is 0. The smallest absolute Gasteiger partial charge is 0.0597 e. The van der Waals surface area contributed by atoms with E-state index in [-0.39, 0.29) is 36.1 Å². The van der Waals surface area contributed by atoms with E-state index in [2.05, 4.69) is 0 Å². The Balaban J connectivity index is 0. The summed E-state index contributed by atoms with van der Waals surface area (Å²) in [5.74, 6) is 0.137. The van der Waals surface area contributed by atoms with E-state index in [1.807, 2.05) is 34.6 Å². The fourth-order valence-electron chi connectivity index (χ4n) is 2.02. The van der Waals surface area contributed by atoms with Crippen LogP contribution in [0.15, 0.2) is 0 Å². The lowest BCUT2D eigenvalue weighted by atomic mass is 9.78. The Bertz CT molecular complexity index is 252. The summed E-state index contributed by atoms with van der Waals surface area (Å²) in [6.07, 6.45) is 0.276. The van der Waals surface area contributed by atoms with Gasteiger partial charge in [-0.05, 0) is 43.9 Å². The first-order valence-corrected chi connectivity index (χ1v) is 7.31. The molecule has 0 radical (unpaired) electrons. The van der Waals surface area contributed by atoms with Crippen LogP contribution in [0.1, 0.15) is 61.8 Å². The van der Waals surface area contributed by atoms with E-state index in [0.29, 0.717) is 6.42 Å². The van der Waals surface area contributed by atoms with Crippen molar-refractivity contribution in [2.75, 3.05) is 13.2 Å². The predicted molar refractivity (Wildman–Crippen MR) is 83.5 cm³/mol. The highest BCUT2D eigenvalue weighted by atomic mass is 16.3. The molecule has 0 rings (SSSR count). The molecule has 4 nitrogen and oxygen atoms in total. The van der Waals surface area contributed by atoms with Gasteiger partial charge in [-0.1, -0.05) is 34.6 Å². The van der Waals surface area contributed by atoms with Crippen molar-refractivity contribution in [2.24, 2.45) is 16.7 Å². The molecule has 2 atom stereocenters. The van der Waals surface area contributed by atoms with Crippen LogP contribution in [0.4, 0.5) is 0 Å². The second-order valence-electron chi connectivity index (χ2n) is 7.99. The molecule has 0 aromatic heterocycles. The zero-order chi connectivity index (χ0) is 16.8. The molecular weight excluding hydrogens is 256 g/mol. The standard InChI is InChI=1S/2C8H18O2/c1-7(2,6-9)5-8(3,4)10;1-6(7(2)10)8(3,4)5-9/h9-10H,5-6H2,1-4H3;6-7,9-10H,5H2,1-4H3. The van der Waals surface area contributed by atoms with Gasteiger partial charge in [-0.2, -0.15) is 0 Å². The van der Waals surface area contributed by atoms with Crippen LogP contribution in [-0.4, -0.2) is 45.3 Å². The molecule has 0 aromatic carbocycles. The molecule has 2 unspecified atom stereocenters. The Morgan fingerprint density at radius 3 is 1.35 bits per heavy atom. The van der Waals surface area contributed by atoms with Crippen molar-refractivity contribution in [3.63, 3.8) is 0 Å². The third kappa shape index (κ3) is 10.6. The Kier molecular flexibility index (Phi) is 9.21. The molecule has 0 heterocycles. The van der Waals surface area contributed by atoms with Gasteiger partial charge in [0, 0.05) is 13.2 Å². The van der Waals surface area contributed by atoms with Crippen LogP contribution in [-0.2, 0) is 0 Å². The fourth-order valence-corrected chi connectivity index (χ4v) is 2.02. The molecule has 0 aliphatic rings. The first kappa shape index (κ1) is 22.1. The van der Waals surface area contributed by atoms with Crippen molar-refractivity contribution in [1.82, 2.24) is 0 Å². The highest BCUT2D eigenvalue weighted by molar-refractivity contribution is 4.78. The molecule has 0 aliphatic carbocycles. The molecule has 4 N–H and O–H groups in total. The molecule has 0 aromatic rings. The normalized spacial score (nSPS) is 16.2. The Hall–Kier alpha value is -0.160. The van der Waals surface area contributed by atoms with Crippen LogP contribution in [0.3, 0.4) is 0 Å². The summed E-state index contributed by atoms with van der Waals surface area (Å²) < 4.78 is 0. The molecular formula is C16H36O4. The van der Waals surface area contributed by atoms with Gasteiger partial charge in [0.25, 0.3) is 0 Å². The van der Waals surface area contributed by atoms with E-state index in [1.54, 1.807) is 20.8 Å². The van der Waals surface area contributed by atoms with Gasteiger partial charge in [-0.25, -0.2) is 0 Å². The van der Waals surface area contributed by atoms with Gasteiger partial charge in [0.15, 0.2) is 0 Å². The van der Waals surface area contributed by atoms with Crippen molar-refractivity contribution in [3.05, 3.63) is 0 Å². The molecule has 0 saturated heterocycles. The highest BCUT2D eigenvalue weighted by Gasteiger charge is 2.28. The van der Waals surface area contributed by atoms with E-state index in [1.165, 1.54) is 0 Å². The maximum absolute atomic E-state index is 9.37. The number of aliphatic hydroxyl groups is 4. The van der Waals surface area contributed by atoms with Crippen molar-refractivity contribution in [3.8, 4) is 0 Å². The minimum Gasteiger partial charge on any atom is -0.396 e. The number of hydrogen-bond acceptors (Lipinski definition) is 4. The zero-order valence-electron chi connectivity index (χ0n) is 14.6. The van der Waals surface area contributed by atoms with E-state index in [0.717, 1.165) is 0 Å². The van der Waals surface area contributed by atoms with Crippen molar-refractivity contribution < 1.29 is 20.4 Å². The molecule has 0 fully saturated rings. The van der Waals surface area contributed by atoms with Crippen molar-refractivity contribution >= 4 is 0 Å². The minimum atomic E-state index is -0.674. The largest absolute Gasteiger partial charge is 0.396 e. The fraction of sp³-hybridized carbons (Fsp3) is 1.00. The average Bonchev–Trinajstić information content (AvgIpc) is 2.25. The Labute approximate surface area is 124 Å². The first-order chi connectivity index (χ1) is 8.68. The molecule has 0 bridgehead atoms. The molecule has 0 saturated carbocycles. The lowest BCUT2D eigenvalue weighted by Gasteiger charge is -2.31. The highest BCUT2D eigenvalue weighted by Crippen LogP contribution is 2.28. The van der Waals surface area contributed by atoms with E-state index < -0.39 is 5.60 Å². The van der Waals surface area contributed by atoms with Crippen LogP contribution in [0.2, 0.25) is 0 Å². The first-order valence-electron chi connectivity index (χ1n) is 7.31. The van der Waals surface area contributed by atoms with Gasteiger partial charge in [0.2, 0.25) is 0 Å². The minimum absolute atomic E-state index is 0.122. The van der Waals surface area contributed by atoms with E-state index in [9.17, 15) is 10.2 Å². The zero-order valence-corrected chi connectivity index (χ0v) is 14.6. The van der Waals surface area contributed by atoms with Crippen LogP contribution < -0.4 is 0 Å². The summed E-state index contributed by atoms with van der Waals surface area (Å²) in [5, 5.41) is 36.3. The SMILES string of the molecule is CC(C)(O)CC(C)(C)CO.CC(O)C(C)C(C)(C)CO. The van der Waals surface area contributed by atoms with Crippen LogP contribution >= 0.6 is 0 Å². The Morgan fingerprint density at radius 2 is 1.25 bits per heavy atom. The molecule has 0 spiro atoms. The maximum Gasteiger partial charge on any atom is 0.0597 e. The van der Waals surface area contributed by atoms with Gasteiger partial charge in [-0.3, -0.25) is 0 Å². The topological polar surface area (TPSA) is 80.9 Å². The third-order valence-electron chi connectivity index (χ3n) is 3.70. The molecule has 20 heavy (non-hydrogen) atoms. The summed E-state index contributed by atoms with van der Waals surface area (Å²) in [6.45, 7) is 15.2.